The lowest BCUT2D eigenvalue weighted by atomic mass is 10.2. The third-order valence-electron chi connectivity index (χ3n) is 2.89. The molecule has 0 heterocycles. The fourth-order valence-electron chi connectivity index (χ4n) is 1.75. The molecule has 2 rings (SSSR count). The first-order valence-electron chi connectivity index (χ1n) is 6.49. The molecule has 0 aliphatic heterocycles. The number of nitrogens with zero attached hydrogens (tertiary/aromatic N) is 1. The van der Waals surface area contributed by atoms with Crippen molar-refractivity contribution in [3.05, 3.63) is 53.1 Å². The van der Waals surface area contributed by atoms with E-state index in [1.54, 1.807) is 12.1 Å². The van der Waals surface area contributed by atoms with Crippen LogP contribution in [0.1, 0.15) is 5.56 Å². The molecular formula is C16H12ClN3O3. The van der Waals surface area contributed by atoms with Crippen molar-refractivity contribution in [3.8, 4) is 11.8 Å². The normalized spacial score (nSPS) is 9.61. The average molecular weight is 330 g/mol. The number of nitrogens with one attached hydrogen (secondary N) is 2. The van der Waals surface area contributed by atoms with Crippen LogP contribution in [0, 0.1) is 11.3 Å². The molecule has 0 saturated carbocycles. The van der Waals surface area contributed by atoms with E-state index in [0.29, 0.717) is 27.7 Å². The molecule has 0 spiro atoms. The van der Waals surface area contributed by atoms with Gasteiger partial charge in [0, 0.05) is 11.4 Å². The predicted molar refractivity (Wildman–Crippen MR) is 86.4 cm³/mol. The number of amides is 2. The Labute approximate surface area is 137 Å². The van der Waals surface area contributed by atoms with Gasteiger partial charge in [-0.15, -0.1) is 0 Å². The molecule has 2 N–H and O–H groups in total. The molecule has 0 aromatic heterocycles. The number of anilines is 2. The van der Waals surface area contributed by atoms with Crippen LogP contribution in [0.4, 0.5) is 11.4 Å². The zero-order valence-electron chi connectivity index (χ0n) is 12.1. The number of carbonyl (C=O) groups excluding carboxylic acids is 2. The molecule has 2 aromatic carbocycles. The maximum atomic E-state index is 11.9. The van der Waals surface area contributed by atoms with Crippen molar-refractivity contribution in [1.82, 2.24) is 0 Å². The highest BCUT2D eigenvalue weighted by Gasteiger charge is 2.14. The first-order valence-corrected chi connectivity index (χ1v) is 6.87. The van der Waals surface area contributed by atoms with Crippen molar-refractivity contribution in [2.75, 3.05) is 17.7 Å². The lowest BCUT2D eigenvalue weighted by Crippen LogP contribution is -2.29. The third-order valence-corrected chi connectivity index (χ3v) is 3.18. The van der Waals surface area contributed by atoms with Gasteiger partial charge in [-0.25, -0.2) is 0 Å². The van der Waals surface area contributed by atoms with E-state index >= 15 is 0 Å². The fraction of sp³-hybridized carbons (Fsp3) is 0.0625. The molecule has 0 fully saturated rings. The summed E-state index contributed by atoms with van der Waals surface area (Å²) in [5.74, 6) is -1.20. The Balaban J connectivity index is 2.00. The van der Waals surface area contributed by atoms with Crippen LogP contribution in [0.5, 0.6) is 5.75 Å². The topological polar surface area (TPSA) is 91.2 Å². The zero-order valence-corrected chi connectivity index (χ0v) is 12.8. The second-order valence-electron chi connectivity index (χ2n) is 4.45. The number of hydrogen-bond donors (Lipinski definition) is 2. The minimum absolute atomic E-state index is 0.317. The molecule has 2 amide bonds. The summed E-state index contributed by atoms with van der Waals surface area (Å²) in [6.45, 7) is 0. The Morgan fingerprint density at radius 2 is 1.61 bits per heavy atom. The minimum Gasteiger partial charge on any atom is -0.495 e. The van der Waals surface area contributed by atoms with E-state index in [4.69, 9.17) is 21.6 Å². The molecule has 7 heteroatoms. The number of methoxy groups -OCH3 is 1. The van der Waals surface area contributed by atoms with Crippen LogP contribution in [0.3, 0.4) is 0 Å². The monoisotopic (exact) mass is 329 g/mol. The molecular weight excluding hydrogens is 318 g/mol. The third kappa shape index (κ3) is 4.22. The summed E-state index contributed by atoms with van der Waals surface area (Å²) in [5, 5.41) is 13.9. The molecule has 0 atom stereocenters. The van der Waals surface area contributed by atoms with E-state index in [9.17, 15) is 9.59 Å². The second-order valence-corrected chi connectivity index (χ2v) is 4.85. The van der Waals surface area contributed by atoms with Gasteiger partial charge in [-0.1, -0.05) is 11.6 Å². The molecule has 0 unspecified atom stereocenters. The Hall–Kier alpha value is -3.04. The van der Waals surface area contributed by atoms with Gasteiger partial charge in [0.05, 0.1) is 23.8 Å². The van der Waals surface area contributed by atoms with Crippen LogP contribution >= 0.6 is 11.6 Å². The highest BCUT2D eigenvalue weighted by Crippen LogP contribution is 2.27. The summed E-state index contributed by atoms with van der Waals surface area (Å²) in [4.78, 5) is 23.7. The van der Waals surface area contributed by atoms with E-state index in [1.807, 2.05) is 6.07 Å². The summed E-state index contributed by atoms with van der Waals surface area (Å²) >= 11 is 5.95. The number of ether oxygens (including phenoxy) is 1. The Morgan fingerprint density at radius 3 is 2.13 bits per heavy atom. The summed E-state index contributed by atoms with van der Waals surface area (Å²) in [6, 6.07) is 12.7. The molecule has 2 aromatic rings. The number of hydrogen-bond acceptors (Lipinski definition) is 4. The molecule has 23 heavy (non-hydrogen) atoms. The lowest BCUT2D eigenvalue weighted by Gasteiger charge is -2.08. The molecule has 116 valence electrons. The summed E-state index contributed by atoms with van der Waals surface area (Å²) in [6.07, 6.45) is 0. The Kier molecular flexibility index (Phi) is 5.18. The average Bonchev–Trinajstić information content (AvgIpc) is 2.55. The van der Waals surface area contributed by atoms with Gasteiger partial charge in [-0.3, -0.25) is 9.59 Å². The van der Waals surface area contributed by atoms with Crippen LogP contribution in [0.15, 0.2) is 42.5 Å². The smallest absolute Gasteiger partial charge is 0.314 e. The van der Waals surface area contributed by atoms with Crippen molar-refractivity contribution in [1.29, 1.82) is 5.26 Å². The number of carbonyl (C=O) groups is 2. The van der Waals surface area contributed by atoms with Gasteiger partial charge in [0.2, 0.25) is 0 Å². The van der Waals surface area contributed by atoms with Gasteiger partial charge in [0.1, 0.15) is 5.75 Å². The van der Waals surface area contributed by atoms with E-state index < -0.39 is 11.8 Å². The predicted octanol–water partition coefficient (Wildman–Crippen LogP) is 2.80. The van der Waals surface area contributed by atoms with Crippen molar-refractivity contribution >= 4 is 34.8 Å². The quantitative estimate of drug-likeness (QED) is 0.847. The molecule has 0 aliphatic carbocycles. The van der Waals surface area contributed by atoms with Gasteiger partial charge < -0.3 is 15.4 Å². The maximum absolute atomic E-state index is 11.9. The number of halogens is 1. The van der Waals surface area contributed by atoms with E-state index in [1.165, 1.54) is 37.4 Å². The van der Waals surface area contributed by atoms with E-state index in [0.717, 1.165) is 0 Å². The van der Waals surface area contributed by atoms with E-state index in [2.05, 4.69) is 10.6 Å². The second kappa shape index (κ2) is 7.29. The highest BCUT2D eigenvalue weighted by atomic mass is 35.5. The number of benzene rings is 2. The molecule has 0 radical (unpaired) electrons. The largest absolute Gasteiger partial charge is 0.495 e. The maximum Gasteiger partial charge on any atom is 0.314 e. The Bertz CT molecular complexity index is 782. The van der Waals surface area contributed by atoms with Crippen molar-refractivity contribution in [2.24, 2.45) is 0 Å². The van der Waals surface area contributed by atoms with Gasteiger partial charge in [-0.2, -0.15) is 5.26 Å². The zero-order chi connectivity index (χ0) is 16.8. The standard InChI is InChI=1S/C16H12ClN3O3/c1-23-14-7-6-12(8-13(14)17)20-16(22)15(21)19-11-4-2-10(9-18)3-5-11/h2-8H,1H3,(H,19,21)(H,20,22). The van der Waals surface area contributed by atoms with Gasteiger partial charge in [0.15, 0.2) is 0 Å². The van der Waals surface area contributed by atoms with E-state index in [-0.39, 0.29) is 0 Å². The van der Waals surface area contributed by atoms with Crippen LogP contribution in [0.25, 0.3) is 0 Å². The van der Waals surface area contributed by atoms with Gasteiger partial charge >= 0.3 is 11.8 Å². The molecule has 6 nitrogen and oxygen atoms in total. The number of nitriles is 1. The lowest BCUT2D eigenvalue weighted by molar-refractivity contribution is -0.132. The SMILES string of the molecule is COc1ccc(NC(=O)C(=O)Nc2ccc(C#N)cc2)cc1Cl. The molecule has 0 aliphatic rings. The van der Waals surface area contributed by atoms with Crippen molar-refractivity contribution in [3.63, 3.8) is 0 Å². The first kappa shape index (κ1) is 16.3. The van der Waals surface area contributed by atoms with Gasteiger partial charge in [0.25, 0.3) is 0 Å². The summed E-state index contributed by atoms with van der Waals surface area (Å²) < 4.78 is 5.00. The van der Waals surface area contributed by atoms with Crippen molar-refractivity contribution in [2.45, 2.75) is 0 Å². The fourth-order valence-corrected chi connectivity index (χ4v) is 2.01. The summed E-state index contributed by atoms with van der Waals surface area (Å²) in [7, 11) is 1.48. The van der Waals surface area contributed by atoms with Crippen molar-refractivity contribution < 1.29 is 14.3 Å². The van der Waals surface area contributed by atoms with Crippen LogP contribution < -0.4 is 15.4 Å². The van der Waals surface area contributed by atoms with Gasteiger partial charge in [-0.05, 0) is 42.5 Å². The minimum atomic E-state index is -0.837. The van der Waals surface area contributed by atoms with Crippen LogP contribution in [0.2, 0.25) is 5.02 Å². The van der Waals surface area contributed by atoms with Crippen LogP contribution in [-0.2, 0) is 9.59 Å². The first-order chi connectivity index (χ1) is 11.0. The van der Waals surface area contributed by atoms with Crippen LogP contribution in [-0.4, -0.2) is 18.9 Å². The number of rotatable bonds is 3. The summed E-state index contributed by atoms with van der Waals surface area (Å²) in [5.41, 5.74) is 1.24. The Morgan fingerprint density at radius 1 is 1.04 bits per heavy atom. The molecule has 0 bridgehead atoms. The highest BCUT2D eigenvalue weighted by molar-refractivity contribution is 6.43. The molecule has 0 saturated heterocycles.